The van der Waals surface area contributed by atoms with E-state index in [0.29, 0.717) is 10.9 Å². The standard InChI is InChI=1S/C23H24N6O6S/c1-13-9-10-24-29(13)23-28-27-22(36-23)26-20(30)18-11-15(19(34-4)21(31)35-18)25-16(12-32-2)14-7-5-6-8-17(14)33-3/h5-11,16,25H,12H2,1-4H3,(H,26,27,30)/t16-/m0/s1. The lowest BCUT2D eigenvalue weighted by Gasteiger charge is -2.22. The van der Waals surface area contributed by atoms with E-state index in [4.69, 9.17) is 18.6 Å². The number of para-hydroxylation sites is 1. The SMILES string of the molecule is COC[C@H](Nc1cc(C(=O)Nc2nnc(-n3nccc3C)s2)oc(=O)c1OC)c1ccccc1OC. The van der Waals surface area contributed by atoms with Crippen LogP contribution in [0.1, 0.15) is 27.9 Å². The number of anilines is 2. The Morgan fingerprint density at radius 2 is 1.97 bits per heavy atom. The minimum atomic E-state index is -0.825. The summed E-state index contributed by atoms with van der Waals surface area (Å²) in [4.78, 5) is 25.6. The van der Waals surface area contributed by atoms with Crippen molar-refractivity contribution in [2.75, 3.05) is 38.6 Å². The highest BCUT2D eigenvalue weighted by molar-refractivity contribution is 7.17. The van der Waals surface area contributed by atoms with Crippen LogP contribution < -0.4 is 25.7 Å². The summed E-state index contributed by atoms with van der Waals surface area (Å²) in [6.07, 6.45) is 1.64. The third-order valence-corrected chi connectivity index (χ3v) is 5.98. The molecular weight excluding hydrogens is 488 g/mol. The van der Waals surface area contributed by atoms with Crippen molar-refractivity contribution in [3.63, 3.8) is 0 Å². The second-order valence-electron chi connectivity index (χ2n) is 7.47. The lowest BCUT2D eigenvalue weighted by atomic mass is 10.1. The van der Waals surface area contributed by atoms with Crippen molar-refractivity contribution in [1.82, 2.24) is 20.0 Å². The van der Waals surface area contributed by atoms with Gasteiger partial charge in [-0.25, -0.2) is 9.48 Å². The maximum absolute atomic E-state index is 12.9. The summed E-state index contributed by atoms with van der Waals surface area (Å²) in [6, 6.07) is 10.2. The molecular formula is C23H24N6O6S. The third-order valence-electron chi connectivity index (χ3n) is 5.16. The van der Waals surface area contributed by atoms with Gasteiger partial charge in [0.15, 0.2) is 5.76 Å². The summed E-state index contributed by atoms with van der Waals surface area (Å²) in [6.45, 7) is 2.11. The first-order valence-electron chi connectivity index (χ1n) is 10.7. The molecule has 0 unspecified atom stereocenters. The van der Waals surface area contributed by atoms with E-state index in [0.717, 1.165) is 22.6 Å². The fourth-order valence-corrected chi connectivity index (χ4v) is 4.25. The Balaban J connectivity index is 1.62. The summed E-state index contributed by atoms with van der Waals surface area (Å²) in [7, 11) is 4.46. The molecule has 0 radical (unpaired) electrons. The van der Waals surface area contributed by atoms with Gasteiger partial charge in [-0.2, -0.15) is 5.10 Å². The van der Waals surface area contributed by atoms with E-state index >= 15 is 0 Å². The number of nitrogens with zero attached hydrogens (tertiary/aromatic N) is 4. The first kappa shape index (κ1) is 24.9. The number of rotatable bonds is 10. The number of methoxy groups -OCH3 is 3. The average molecular weight is 513 g/mol. The molecule has 0 saturated carbocycles. The van der Waals surface area contributed by atoms with Crippen LogP contribution in [0, 0.1) is 6.92 Å². The lowest BCUT2D eigenvalue weighted by Crippen LogP contribution is -2.21. The largest absolute Gasteiger partial charge is 0.496 e. The van der Waals surface area contributed by atoms with Gasteiger partial charge in [0.2, 0.25) is 16.0 Å². The normalized spacial score (nSPS) is 11.7. The molecule has 36 heavy (non-hydrogen) atoms. The molecule has 1 aromatic carbocycles. The Morgan fingerprint density at radius 1 is 1.17 bits per heavy atom. The van der Waals surface area contributed by atoms with Crippen LogP contribution >= 0.6 is 11.3 Å². The number of benzene rings is 1. The predicted molar refractivity (Wildman–Crippen MR) is 132 cm³/mol. The van der Waals surface area contributed by atoms with E-state index in [1.807, 2.05) is 37.3 Å². The minimum Gasteiger partial charge on any atom is -0.496 e. The number of aryl methyl sites for hydroxylation is 1. The first-order valence-corrected chi connectivity index (χ1v) is 11.5. The molecule has 0 saturated heterocycles. The van der Waals surface area contributed by atoms with Gasteiger partial charge in [0.1, 0.15) is 5.75 Å². The van der Waals surface area contributed by atoms with E-state index in [-0.39, 0.29) is 28.9 Å². The Labute approximate surface area is 209 Å². The Bertz CT molecular complexity index is 1410. The molecule has 0 bridgehead atoms. The van der Waals surface area contributed by atoms with Gasteiger partial charge in [0.05, 0.1) is 32.6 Å². The molecule has 4 rings (SSSR count). The van der Waals surface area contributed by atoms with E-state index < -0.39 is 17.6 Å². The van der Waals surface area contributed by atoms with Crippen molar-refractivity contribution in [2.45, 2.75) is 13.0 Å². The van der Waals surface area contributed by atoms with Crippen LogP contribution in [0.3, 0.4) is 0 Å². The fraction of sp³-hybridized carbons (Fsp3) is 0.261. The Morgan fingerprint density at radius 3 is 2.67 bits per heavy atom. The molecule has 3 aromatic heterocycles. The van der Waals surface area contributed by atoms with Crippen LogP contribution in [0.5, 0.6) is 11.5 Å². The quantitative estimate of drug-likeness (QED) is 0.325. The number of aromatic nitrogens is 4. The summed E-state index contributed by atoms with van der Waals surface area (Å²) in [5.74, 6) is -0.383. The van der Waals surface area contributed by atoms with Crippen molar-refractivity contribution in [3.8, 4) is 16.6 Å². The van der Waals surface area contributed by atoms with Gasteiger partial charge < -0.3 is 23.9 Å². The average Bonchev–Trinajstić information content (AvgIpc) is 3.52. The van der Waals surface area contributed by atoms with Crippen molar-refractivity contribution >= 4 is 28.1 Å². The van der Waals surface area contributed by atoms with Crippen LogP contribution in [-0.2, 0) is 4.74 Å². The molecule has 0 spiro atoms. The zero-order valence-electron chi connectivity index (χ0n) is 20.0. The highest BCUT2D eigenvalue weighted by Crippen LogP contribution is 2.31. The molecule has 1 amide bonds. The number of carbonyl (C=O) groups is 1. The molecule has 0 aliphatic heterocycles. The van der Waals surface area contributed by atoms with Crippen molar-refractivity contribution in [1.29, 1.82) is 0 Å². The van der Waals surface area contributed by atoms with Crippen molar-refractivity contribution in [3.05, 3.63) is 70.0 Å². The van der Waals surface area contributed by atoms with E-state index in [1.54, 1.807) is 25.1 Å². The van der Waals surface area contributed by atoms with Crippen LogP contribution in [0.15, 0.2) is 51.8 Å². The van der Waals surface area contributed by atoms with Crippen molar-refractivity contribution in [2.24, 2.45) is 0 Å². The van der Waals surface area contributed by atoms with E-state index in [1.165, 1.54) is 13.2 Å². The summed E-state index contributed by atoms with van der Waals surface area (Å²) in [5, 5.41) is 18.7. The van der Waals surface area contributed by atoms with Gasteiger partial charge in [0, 0.05) is 30.6 Å². The molecule has 1 atom stereocenters. The molecule has 0 fully saturated rings. The number of hydrogen-bond donors (Lipinski definition) is 2. The van der Waals surface area contributed by atoms with Crippen LogP contribution in [-0.4, -0.2) is 53.8 Å². The van der Waals surface area contributed by atoms with Crippen LogP contribution in [0.4, 0.5) is 10.8 Å². The summed E-state index contributed by atoms with van der Waals surface area (Å²) >= 11 is 1.12. The molecule has 0 aliphatic rings. The molecule has 13 heteroatoms. The monoisotopic (exact) mass is 512 g/mol. The van der Waals surface area contributed by atoms with Gasteiger partial charge in [-0.1, -0.05) is 29.5 Å². The highest BCUT2D eigenvalue weighted by Gasteiger charge is 2.23. The second-order valence-corrected chi connectivity index (χ2v) is 8.42. The van der Waals surface area contributed by atoms with E-state index in [9.17, 15) is 9.59 Å². The number of ether oxygens (including phenoxy) is 3. The number of nitrogens with one attached hydrogen (secondary N) is 2. The lowest BCUT2D eigenvalue weighted by molar-refractivity contribution is 0.0991. The van der Waals surface area contributed by atoms with Crippen molar-refractivity contribution < 1.29 is 23.4 Å². The topological polar surface area (TPSA) is 143 Å². The molecule has 188 valence electrons. The molecule has 3 heterocycles. The highest BCUT2D eigenvalue weighted by atomic mass is 32.1. The van der Waals surface area contributed by atoms with Gasteiger partial charge in [-0.15, -0.1) is 10.2 Å². The van der Waals surface area contributed by atoms with E-state index in [2.05, 4.69) is 25.9 Å². The molecule has 4 aromatic rings. The minimum absolute atomic E-state index is 0.0880. The van der Waals surface area contributed by atoms with Crippen LogP contribution in [0.25, 0.3) is 5.13 Å². The number of hydrogen-bond acceptors (Lipinski definition) is 11. The maximum Gasteiger partial charge on any atom is 0.381 e. The number of carbonyl (C=O) groups excluding carboxylic acids is 1. The second kappa shape index (κ2) is 11.0. The smallest absolute Gasteiger partial charge is 0.381 e. The fourth-order valence-electron chi connectivity index (χ4n) is 3.49. The van der Waals surface area contributed by atoms with Gasteiger partial charge in [0.25, 0.3) is 5.91 Å². The third kappa shape index (κ3) is 5.21. The van der Waals surface area contributed by atoms with Crippen LogP contribution in [0.2, 0.25) is 0 Å². The zero-order valence-corrected chi connectivity index (χ0v) is 20.8. The summed E-state index contributed by atoms with van der Waals surface area (Å²) in [5.41, 5.74) is 1.07. The Hall–Kier alpha value is -4.23. The Kier molecular flexibility index (Phi) is 7.61. The molecule has 2 N–H and O–H groups in total. The maximum atomic E-state index is 12.9. The number of amides is 1. The molecule has 0 aliphatic carbocycles. The molecule has 12 nitrogen and oxygen atoms in total. The van der Waals surface area contributed by atoms with Gasteiger partial charge in [-0.05, 0) is 19.1 Å². The zero-order chi connectivity index (χ0) is 25.7. The predicted octanol–water partition coefficient (Wildman–Crippen LogP) is 3.05. The van der Waals surface area contributed by atoms with Gasteiger partial charge in [-0.3, -0.25) is 10.1 Å². The first-order chi connectivity index (χ1) is 17.4. The summed E-state index contributed by atoms with van der Waals surface area (Å²) < 4.78 is 22.9. The van der Waals surface area contributed by atoms with Gasteiger partial charge >= 0.3 is 5.63 Å².